The van der Waals surface area contributed by atoms with Crippen LogP contribution in [0.25, 0.3) is 0 Å². The number of hydrogen-bond acceptors (Lipinski definition) is 5. The molecule has 102 valence electrons. The lowest BCUT2D eigenvalue weighted by molar-refractivity contribution is 0.197. The third-order valence-corrected chi connectivity index (χ3v) is 3.29. The lowest BCUT2D eigenvalue weighted by Crippen LogP contribution is -2.27. The maximum Gasteiger partial charge on any atom is 0.133 e. The summed E-state index contributed by atoms with van der Waals surface area (Å²) >= 11 is 0. The molecule has 2 heterocycles. The van der Waals surface area contributed by atoms with Crippen molar-refractivity contribution in [1.82, 2.24) is 20.6 Å². The number of nitrogens with one attached hydrogen (secondary N) is 2. The van der Waals surface area contributed by atoms with Crippen molar-refractivity contribution < 1.29 is 4.74 Å². The molecule has 0 bridgehead atoms. The van der Waals surface area contributed by atoms with E-state index in [1.165, 1.54) is 0 Å². The number of aromatic nitrogens is 2. The van der Waals surface area contributed by atoms with E-state index in [0.717, 1.165) is 11.3 Å². The van der Waals surface area contributed by atoms with Crippen LogP contribution in [0, 0.1) is 11.3 Å². The minimum absolute atomic E-state index is 0.0212. The van der Waals surface area contributed by atoms with Gasteiger partial charge in [0.05, 0.1) is 23.9 Å². The van der Waals surface area contributed by atoms with Crippen LogP contribution in [0.3, 0.4) is 0 Å². The summed E-state index contributed by atoms with van der Waals surface area (Å²) in [6.45, 7) is 0.708. The van der Waals surface area contributed by atoms with Gasteiger partial charge in [0.2, 0.25) is 0 Å². The molecular formula is C14H15N5O. The van der Waals surface area contributed by atoms with E-state index < -0.39 is 0 Å². The molecule has 3 rings (SSSR count). The van der Waals surface area contributed by atoms with E-state index in [-0.39, 0.29) is 12.1 Å². The van der Waals surface area contributed by atoms with Crippen LogP contribution < -0.4 is 15.6 Å². The number of hydrazine groups is 1. The quantitative estimate of drug-likeness (QED) is 0.865. The Morgan fingerprint density at radius 1 is 1.40 bits per heavy atom. The van der Waals surface area contributed by atoms with Crippen LogP contribution in [0.1, 0.15) is 17.2 Å². The first-order valence-corrected chi connectivity index (χ1v) is 6.40. The van der Waals surface area contributed by atoms with Crippen molar-refractivity contribution in [3.05, 3.63) is 47.8 Å². The predicted octanol–water partition coefficient (Wildman–Crippen LogP) is 0.888. The summed E-state index contributed by atoms with van der Waals surface area (Å²) in [7, 11) is 1.89. The Bertz CT molecular complexity index is 628. The molecule has 1 aromatic carbocycles. The molecule has 1 fully saturated rings. The number of rotatable bonds is 3. The van der Waals surface area contributed by atoms with Crippen molar-refractivity contribution in [2.45, 2.75) is 12.1 Å². The minimum Gasteiger partial charge on any atom is -0.487 e. The lowest BCUT2D eigenvalue weighted by atomic mass is 10.1. The van der Waals surface area contributed by atoms with E-state index in [9.17, 15) is 0 Å². The van der Waals surface area contributed by atoms with Gasteiger partial charge < -0.3 is 4.74 Å². The van der Waals surface area contributed by atoms with E-state index in [0.29, 0.717) is 12.1 Å². The molecule has 6 nitrogen and oxygen atoms in total. The zero-order chi connectivity index (χ0) is 13.9. The minimum atomic E-state index is -0.0212. The summed E-state index contributed by atoms with van der Waals surface area (Å²) in [4.78, 5) is 0. The number of benzene rings is 1. The highest BCUT2D eigenvalue weighted by atomic mass is 16.5. The van der Waals surface area contributed by atoms with Crippen LogP contribution in [0.4, 0.5) is 0 Å². The summed E-state index contributed by atoms with van der Waals surface area (Å²) in [5, 5.41) is 13.0. The molecule has 1 aliphatic rings. The van der Waals surface area contributed by atoms with E-state index in [2.05, 4.69) is 22.0 Å². The maximum atomic E-state index is 8.79. The molecule has 2 atom stereocenters. The number of nitrogens with zero attached hydrogens (tertiary/aromatic N) is 3. The Labute approximate surface area is 116 Å². The summed E-state index contributed by atoms with van der Waals surface area (Å²) in [6, 6.07) is 9.29. The third kappa shape index (κ3) is 2.50. The number of aryl methyl sites for hydroxylation is 1. The molecular weight excluding hydrogens is 254 g/mol. The first-order valence-electron chi connectivity index (χ1n) is 6.40. The second kappa shape index (κ2) is 5.33. The van der Waals surface area contributed by atoms with Gasteiger partial charge in [-0.1, -0.05) is 0 Å². The first-order chi connectivity index (χ1) is 9.76. The van der Waals surface area contributed by atoms with Crippen LogP contribution in [-0.2, 0) is 7.05 Å². The number of nitriles is 1. The SMILES string of the molecule is Cn1cc(C2NNCC2Oc2ccc(C#N)cc2)cn1. The van der Waals surface area contributed by atoms with E-state index >= 15 is 0 Å². The Hall–Kier alpha value is -2.36. The lowest BCUT2D eigenvalue weighted by Gasteiger charge is -2.19. The molecule has 2 aromatic rings. The van der Waals surface area contributed by atoms with Crippen LogP contribution in [0.5, 0.6) is 5.75 Å². The van der Waals surface area contributed by atoms with Gasteiger partial charge in [0.1, 0.15) is 11.9 Å². The third-order valence-electron chi connectivity index (χ3n) is 3.29. The van der Waals surface area contributed by atoms with Crippen molar-refractivity contribution in [3.63, 3.8) is 0 Å². The zero-order valence-electron chi connectivity index (χ0n) is 11.1. The standard InChI is InChI=1S/C14H15N5O/c1-19-9-11(7-17-19)14-13(8-16-18-14)20-12-4-2-10(6-15)3-5-12/h2-5,7,9,13-14,16,18H,8H2,1H3. The highest BCUT2D eigenvalue weighted by Crippen LogP contribution is 2.24. The van der Waals surface area contributed by atoms with Crippen molar-refractivity contribution in [2.75, 3.05) is 6.54 Å². The molecule has 0 spiro atoms. The van der Waals surface area contributed by atoms with Gasteiger partial charge >= 0.3 is 0 Å². The van der Waals surface area contributed by atoms with Crippen LogP contribution in [0.15, 0.2) is 36.7 Å². The summed E-state index contributed by atoms with van der Waals surface area (Å²) < 4.78 is 7.75. The fourth-order valence-electron chi connectivity index (χ4n) is 2.27. The Morgan fingerprint density at radius 3 is 2.85 bits per heavy atom. The predicted molar refractivity (Wildman–Crippen MR) is 72.7 cm³/mol. The van der Waals surface area contributed by atoms with Gasteiger partial charge in [-0.2, -0.15) is 10.4 Å². The van der Waals surface area contributed by atoms with Gasteiger partial charge in [-0.05, 0) is 24.3 Å². The van der Waals surface area contributed by atoms with E-state index in [4.69, 9.17) is 10.00 Å². The molecule has 6 heteroatoms. The average molecular weight is 269 g/mol. The fraction of sp³-hybridized carbons (Fsp3) is 0.286. The summed E-state index contributed by atoms with van der Waals surface area (Å²) in [5.74, 6) is 0.758. The molecule has 0 radical (unpaired) electrons. The molecule has 2 N–H and O–H groups in total. The van der Waals surface area contributed by atoms with Crippen molar-refractivity contribution in [3.8, 4) is 11.8 Å². The van der Waals surface area contributed by atoms with Crippen LogP contribution in [-0.4, -0.2) is 22.4 Å². The molecule has 0 saturated carbocycles. The monoisotopic (exact) mass is 269 g/mol. The van der Waals surface area contributed by atoms with Gasteiger partial charge in [0.15, 0.2) is 0 Å². The van der Waals surface area contributed by atoms with Crippen molar-refractivity contribution in [2.24, 2.45) is 7.05 Å². The zero-order valence-corrected chi connectivity index (χ0v) is 11.1. The molecule has 0 aliphatic carbocycles. The summed E-state index contributed by atoms with van der Waals surface area (Å²) in [6.07, 6.45) is 3.78. The normalized spacial score (nSPS) is 21.6. The number of ether oxygens (including phenoxy) is 1. The average Bonchev–Trinajstić information content (AvgIpc) is 3.08. The molecule has 0 amide bonds. The molecule has 1 saturated heterocycles. The Morgan fingerprint density at radius 2 is 2.20 bits per heavy atom. The molecule has 1 aliphatic heterocycles. The van der Waals surface area contributed by atoms with Gasteiger partial charge in [-0.25, -0.2) is 5.43 Å². The highest BCUT2D eigenvalue weighted by molar-refractivity contribution is 5.34. The van der Waals surface area contributed by atoms with Gasteiger partial charge in [-0.3, -0.25) is 10.1 Å². The molecule has 2 unspecified atom stereocenters. The Balaban J connectivity index is 1.74. The van der Waals surface area contributed by atoms with Gasteiger partial charge in [0, 0.05) is 25.4 Å². The van der Waals surface area contributed by atoms with Crippen LogP contribution >= 0.6 is 0 Å². The maximum absolute atomic E-state index is 8.79. The topological polar surface area (TPSA) is 74.9 Å². The largest absolute Gasteiger partial charge is 0.487 e. The smallest absolute Gasteiger partial charge is 0.133 e. The van der Waals surface area contributed by atoms with E-state index in [1.807, 2.05) is 31.6 Å². The highest BCUT2D eigenvalue weighted by Gasteiger charge is 2.30. The summed E-state index contributed by atoms with van der Waals surface area (Å²) in [5.41, 5.74) is 8.02. The Kier molecular flexibility index (Phi) is 3.37. The van der Waals surface area contributed by atoms with Crippen LogP contribution in [0.2, 0.25) is 0 Å². The van der Waals surface area contributed by atoms with E-state index in [1.54, 1.807) is 16.8 Å². The van der Waals surface area contributed by atoms with Crippen molar-refractivity contribution >= 4 is 0 Å². The van der Waals surface area contributed by atoms with Gasteiger partial charge in [0.25, 0.3) is 0 Å². The second-order valence-corrected chi connectivity index (χ2v) is 4.74. The molecule has 1 aromatic heterocycles. The molecule has 20 heavy (non-hydrogen) atoms. The van der Waals surface area contributed by atoms with Gasteiger partial charge in [-0.15, -0.1) is 0 Å². The second-order valence-electron chi connectivity index (χ2n) is 4.74. The van der Waals surface area contributed by atoms with Crippen molar-refractivity contribution in [1.29, 1.82) is 5.26 Å². The first kappa shape index (κ1) is 12.7. The number of hydrogen-bond donors (Lipinski definition) is 2. The fourth-order valence-corrected chi connectivity index (χ4v) is 2.27.